The second kappa shape index (κ2) is 5.79. The van der Waals surface area contributed by atoms with Crippen LogP contribution in [-0.2, 0) is 17.8 Å². The Morgan fingerprint density at radius 3 is 2.91 bits per heavy atom. The van der Waals surface area contributed by atoms with E-state index in [1.54, 1.807) is 0 Å². The zero-order valence-electron chi connectivity index (χ0n) is 13.4. The second-order valence-electron chi connectivity index (χ2n) is 6.56. The SMILES string of the molecule is CCc1nc(C2CN(C(=O)C3CCCC3)Cc3cn[nH]c32)n[nH]1. The van der Waals surface area contributed by atoms with Gasteiger partial charge in [-0.05, 0) is 12.8 Å². The fourth-order valence-electron chi connectivity index (χ4n) is 3.76. The summed E-state index contributed by atoms with van der Waals surface area (Å²) >= 11 is 0. The monoisotopic (exact) mass is 314 g/mol. The van der Waals surface area contributed by atoms with Crippen molar-refractivity contribution in [3.8, 4) is 0 Å². The number of nitrogens with one attached hydrogen (secondary N) is 2. The third-order valence-electron chi connectivity index (χ3n) is 5.08. The van der Waals surface area contributed by atoms with Crippen LogP contribution in [0.3, 0.4) is 0 Å². The van der Waals surface area contributed by atoms with E-state index in [9.17, 15) is 4.79 Å². The molecule has 2 aliphatic rings. The number of H-pyrrole nitrogens is 2. The molecule has 0 saturated heterocycles. The molecule has 122 valence electrons. The average molecular weight is 314 g/mol. The molecule has 1 aliphatic carbocycles. The summed E-state index contributed by atoms with van der Waals surface area (Å²) in [5.74, 6) is 2.08. The molecule has 0 spiro atoms. The van der Waals surface area contributed by atoms with Crippen molar-refractivity contribution in [3.63, 3.8) is 0 Å². The van der Waals surface area contributed by atoms with Crippen LogP contribution >= 0.6 is 0 Å². The molecule has 1 aliphatic heterocycles. The van der Waals surface area contributed by atoms with Gasteiger partial charge in [0.15, 0.2) is 5.82 Å². The highest BCUT2D eigenvalue weighted by molar-refractivity contribution is 5.79. The van der Waals surface area contributed by atoms with Crippen molar-refractivity contribution in [2.24, 2.45) is 5.92 Å². The number of nitrogens with zero attached hydrogens (tertiary/aromatic N) is 4. The number of carbonyl (C=O) groups is 1. The maximum Gasteiger partial charge on any atom is 0.226 e. The lowest BCUT2D eigenvalue weighted by molar-refractivity contribution is -0.136. The maximum absolute atomic E-state index is 12.8. The molecule has 4 rings (SSSR count). The molecule has 0 aromatic carbocycles. The van der Waals surface area contributed by atoms with E-state index >= 15 is 0 Å². The van der Waals surface area contributed by atoms with Gasteiger partial charge in [-0.3, -0.25) is 15.0 Å². The van der Waals surface area contributed by atoms with E-state index in [0.29, 0.717) is 13.1 Å². The fourth-order valence-corrected chi connectivity index (χ4v) is 3.76. The number of hydrogen-bond acceptors (Lipinski definition) is 4. The summed E-state index contributed by atoms with van der Waals surface area (Å²) in [5, 5.41) is 14.6. The van der Waals surface area contributed by atoms with Gasteiger partial charge >= 0.3 is 0 Å². The quantitative estimate of drug-likeness (QED) is 0.903. The van der Waals surface area contributed by atoms with Gasteiger partial charge in [-0.25, -0.2) is 4.98 Å². The number of carbonyl (C=O) groups excluding carboxylic acids is 1. The predicted octanol–water partition coefficient (Wildman–Crippen LogP) is 1.75. The predicted molar refractivity (Wildman–Crippen MR) is 83.6 cm³/mol. The van der Waals surface area contributed by atoms with Crippen molar-refractivity contribution >= 4 is 5.91 Å². The third-order valence-corrected chi connectivity index (χ3v) is 5.08. The topological polar surface area (TPSA) is 90.6 Å². The molecule has 7 heteroatoms. The van der Waals surface area contributed by atoms with Crippen LogP contribution in [0.2, 0.25) is 0 Å². The summed E-state index contributed by atoms with van der Waals surface area (Å²) < 4.78 is 0. The molecule has 1 saturated carbocycles. The minimum absolute atomic E-state index is 0.0249. The van der Waals surface area contributed by atoms with Gasteiger partial charge in [-0.1, -0.05) is 19.8 Å². The first-order valence-corrected chi connectivity index (χ1v) is 8.48. The van der Waals surface area contributed by atoms with Crippen LogP contribution in [0, 0.1) is 5.92 Å². The number of rotatable bonds is 3. The highest BCUT2D eigenvalue weighted by atomic mass is 16.2. The molecule has 1 fully saturated rings. The Morgan fingerprint density at radius 2 is 2.17 bits per heavy atom. The summed E-state index contributed by atoms with van der Waals surface area (Å²) in [6, 6.07) is 0. The largest absolute Gasteiger partial charge is 0.337 e. The van der Waals surface area contributed by atoms with Crippen LogP contribution in [-0.4, -0.2) is 42.7 Å². The smallest absolute Gasteiger partial charge is 0.226 e. The zero-order chi connectivity index (χ0) is 15.8. The Labute approximate surface area is 134 Å². The lowest BCUT2D eigenvalue weighted by Gasteiger charge is -2.32. The van der Waals surface area contributed by atoms with Crippen LogP contribution < -0.4 is 0 Å². The van der Waals surface area contributed by atoms with E-state index in [2.05, 4.69) is 25.4 Å². The van der Waals surface area contributed by atoms with Crippen LogP contribution in [0.4, 0.5) is 0 Å². The van der Waals surface area contributed by atoms with Gasteiger partial charge in [0.25, 0.3) is 0 Å². The average Bonchev–Trinajstić information content (AvgIpc) is 3.33. The number of fused-ring (bicyclic) bond motifs is 1. The van der Waals surface area contributed by atoms with Crippen molar-refractivity contribution in [3.05, 3.63) is 29.1 Å². The minimum atomic E-state index is -0.0249. The number of aromatic nitrogens is 5. The Kier molecular flexibility index (Phi) is 3.63. The van der Waals surface area contributed by atoms with Crippen molar-refractivity contribution in [2.45, 2.75) is 51.5 Å². The Morgan fingerprint density at radius 1 is 1.35 bits per heavy atom. The van der Waals surface area contributed by atoms with Crippen molar-refractivity contribution in [1.82, 2.24) is 30.3 Å². The summed E-state index contributed by atoms with van der Waals surface area (Å²) in [6.07, 6.45) is 7.04. The maximum atomic E-state index is 12.8. The van der Waals surface area contributed by atoms with Gasteiger partial charge in [0.2, 0.25) is 5.91 Å². The molecular weight excluding hydrogens is 292 g/mol. The zero-order valence-corrected chi connectivity index (χ0v) is 13.4. The lowest BCUT2D eigenvalue weighted by Crippen LogP contribution is -2.41. The second-order valence-corrected chi connectivity index (χ2v) is 6.56. The first kappa shape index (κ1) is 14.4. The van der Waals surface area contributed by atoms with E-state index in [1.807, 2.05) is 18.0 Å². The van der Waals surface area contributed by atoms with Gasteiger partial charge in [0.05, 0.1) is 17.8 Å². The standard InChI is InChI=1S/C16H22N6O/c1-2-13-18-15(21-19-13)12-9-22(8-11-7-17-20-14(11)12)16(23)10-5-3-4-6-10/h7,10,12H,2-6,8-9H2,1H3,(H,17,20)(H,18,19,21). The molecule has 23 heavy (non-hydrogen) atoms. The van der Waals surface area contributed by atoms with Gasteiger partial charge < -0.3 is 4.90 Å². The molecule has 1 unspecified atom stereocenters. The van der Waals surface area contributed by atoms with E-state index in [-0.39, 0.29) is 17.7 Å². The Hall–Kier alpha value is -2.18. The first-order chi connectivity index (χ1) is 11.3. The van der Waals surface area contributed by atoms with E-state index in [0.717, 1.165) is 42.2 Å². The number of hydrogen-bond donors (Lipinski definition) is 2. The number of aryl methyl sites for hydroxylation is 1. The summed E-state index contributed by atoms with van der Waals surface area (Å²) in [7, 11) is 0. The summed E-state index contributed by atoms with van der Waals surface area (Å²) in [4.78, 5) is 19.4. The van der Waals surface area contributed by atoms with Crippen molar-refractivity contribution < 1.29 is 4.79 Å². The molecule has 0 bridgehead atoms. The fraction of sp³-hybridized carbons (Fsp3) is 0.625. The van der Waals surface area contributed by atoms with Crippen molar-refractivity contribution in [1.29, 1.82) is 0 Å². The van der Waals surface area contributed by atoms with E-state index < -0.39 is 0 Å². The molecule has 1 atom stereocenters. The van der Waals surface area contributed by atoms with Crippen LogP contribution in [0.1, 0.15) is 61.4 Å². The molecule has 2 aromatic heterocycles. The molecule has 2 aromatic rings. The Balaban J connectivity index is 1.62. The minimum Gasteiger partial charge on any atom is -0.337 e. The molecule has 2 N–H and O–H groups in total. The molecule has 0 radical (unpaired) electrons. The summed E-state index contributed by atoms with van der Waals surface area (Å²) in [6.45, 7) is 3.32. The molecule has 1 amide bonds. The normalized spacial score (nSPS) is 21.6. The third kappa shape index (κ3) is 2.54. The van der Waals surface area contributed by atoms with E-state index in [1.165, 1.54) is 12.8 Å². The molecule has 7 nitrogen and oxygen atoms in total. The van der Waals surface area contributed by atoms with Gasteiger partial charge in [-0.2, -0.15) is 10.2 Å². The van der Waals surface area contributed by atoms with Crippen LogP contribution in [0.25, 0.3) is 0 Å². The van der Waals surface area contributed by atoms with Crippen LogP contribution in [0.15, 0.2) is 6.20 Å². The highest BCUT2D eigenvalue weighted by Crippen LogP contribution is 2.33. The number of aromatic amines is 2. The van der Waals surface area contributed by atoms with Crippen LogP contribution in [0.5, 0.6) is 0 Å². The van der Waals surface area contributed by atoms with Gasteiger partial charge in [0, 0.05) is 31.0 Å². The van der Waals surface area contributed by atoms with Gasteiger partial charge in [-0.15, -0.1) is 0 Å². The van der Waals surface area contributed by atoms with Crippen molar-refractivity contribution in [2.75, 3.05) is 6.54 Å². The lowest BCUT2D eigenvalue weighted by atomic mass is 9.94. The highest BCUT2D eigenvalue weighted by Gasteiger charge is 2.36. The molecular formula is C16H22N6O. The summed E-state index contributed by atoms with van der Waals surface area (Å²) in [5.41, 5.74) is 2.12. The Bertz CT molecular complexity index is 699. The van der Waals surface area contributed by atoms with E-state index in [4.69, 9.17) is 0 Å². The number of amides is 1. The molecule has 3 heterocycles. The first-order valence-electron chi connectivity index (χ1n) is 8.48. The van der Waals surface area contributed by atoms with Gasteiger partial charge in [0.1, 0.15) is 5.82 Å².